The molecule has 0 spiro atoms. The molecular formula is C16H26N2O2. The fourth-order valence-electron chi connectivity index (χ4n) is 4.42. The van der Waals surface area contributed by atoms with Crippen LogP contribution in [0.15, 0.2) is 0 Å². The molecule has 0 radical (unpaired) electrons. The van der Waals surface area contributed by atoms with E-state index in [1.54, 1.807) is 0 Å². The number of hydrogen-bond donors (Lipinski definition) is 0. The summed E-state index contributed by atoms with van der Waals surface area (Å²) in [6, 6.07) is -0.221. The Kier molecular flexibility index (Phi) is 3.30. The maximum atomic E-state index is 12.9. The first kappa shape index (κ1) is 13.9. The van der Waals surface area contributed by atoms with Gasteiger partial charge >= 0.3 is 0 Å². The van der Waals surface area contributed by atoms with Crippen LogP contribution in [0.5, 0.6) is 0 Å². The zero-order valence-corrected chi connectivity index (χ0v) is 12.9. The third kappa shape index (κ3) is 1.95. The summed E-state index contributed by atoms with van der Waals surface area (Å²) in [6.45, 7) is 7.16. The fourth-order valence-corrected chi connectivity index (χ4v) is 4.42. The first-order chi connectivity index (χ1) is 9.43. The molecule has 112 valence electrons. The lowest BCUT2D eigenvalue weighted by atomic mass is 9.84. The number of carbonyl (C=O) groups excluding carboxylic acids is 2. The van der Waals surface area contributed by atoms with Crippen LogP contribution in [0, 0.1) is 5.41 Å². The van der Waals surface area contributed by atoms with Gasteiger partial charge in [0.05, 0.1) is 0 Å². The highest BCUT2D eigenvalue weighted by Crippen LogP contribution is 2.43. The summed E-state index contributed by atoms with van der Waals surface area (Å²) in [5, 5.41) is 0. The molecule has 20 heavy (non-hydrogen) atoms. The quantitative estimate of drug-likeness (QED) is 0.737. The molecule has 1 aliphatic carbocycles. The zero-order valence-electron chi connectivity index (χ0n) is 12.9. The molecule has 3 rings (SSSR count). The predicted molar refractivity (Wildman–Crippen MR) is 77.1 cm³/mol. The Bertz CT molecular complexity index is 432. The van der Waals surface area contributed by atoms with Crippen molar-refractivity contribution in [3.8, 4) is 0 Å². The highest BCUT2D eigenvalue weighted by molar-refractivity contribution is 5.97. The van der Waals surface area contributed by atoms with Crippen molar-refractivity contribution in [3.63, 3.8) is 0 Å². The van der Waals surface area contributed by atoms with Crippen LogP contribution in [0.25, 0.3) is 0 Å². The van der Waals surface area contributed by atoms with Gasteiger partial charge in [-0.3, -0.25) is 9.59 Å². The second-order valence-electron chi connectivity index (χ2n) is 7.36. The minimum absolute atomic E-state index is 0.140. The van der Waals surface area contributed by atoms with E-state index in [-0.39, 0.29) is 35.4 Å². The Morgan fingerprint density at radius 1 is 1.05 bits per heavy atom. The van der Waals surface area contributed by atoms with Gasteiger partial charge in [-0.25, -0.2) is 0 Å². The van der Waals surface area contributed by atoms with Crippen LogP contribution in [0.2, 0.25) is 0 Å². The summed E-state index contributed by atoms with van der Waals surface area (Å²) in [6.07, 6.45) is 6.31. The molecule has 1 saturated carbocycles. The van der Waals surface area contributed by atoms with Crippen molar-refractivity contribution in [2.75, 3.05) is 6.54 Å². The second-order valence-corrected chi connectivity index (χ2v) is 7.36. The standard InChI is InChI=1S/C16H26N2O2/c1-11-14(19)17-10-5-4-7-12(17)15(20)18(11)13-8-6-9-16(13,2)3/h11-13H,4-10H2,1-3H3. The van der Waals surface area contributed by atoms with Gasteiger partial charge in [0.1, 0.15) is 12.1 Å². The Labute approximate surface area is 121 Å². The maximum Gasteiger partial charge on any atom is 0.246 e. The van der Waals surface area contributed by atoms with Crippen LogP contribution in [0.3, 0.4) is 0 Å². The van der Waals surface area contributed by atoms with Gasteiger partial charge in [-0.15, -0.1) is 0 Å². The van der Waals surface area contributed by atoms with Gasteiger partial charge < -0.3 is 9.80 Å². The third-order valence-electron chi connectivity index (χ3n) is 5.64. The zero-order chi connectivity index (χ0) is 14.5. The van der Waals surface area contributed by atoms with Crippen LogP contribution in [0.1, 0.15) is 59.3 Å². The van der Waals surface area contributed by atoms with E-state index in [1.807, 2.05) is 16.7 Å². The van der Waals surface area contributed by atoms with E-state index in [0.717, 1.165) is 45.1 Å². The lowest BCUT2D eigenvalue weighted by Gasteiger charge is -2.50. The molecule has 2 saturated heterocycles. The van der Waals surface area contributed by atoms with Crippen molar-refractivity contribution < 1.29 is 9.59 Å². The van der Waals surface area contributed by atoms with E-state index in [4.69, 9.17) is 0 Å². The van der Waals surface area contributed by atoms with Crippen LogP contribution >= 0.6 is 0 Å². The lowest BCUT2D eigenvalue weighted by molar-refractivity contribution is -0.167. The molecule has 0 bridgehead atoms. The minimum atomic E-state index is -0.278. The summed E-state index contributed by atoms with van der Waals surface area (Å²) >= 11 is 0. The molecule has 2 aliphatic heterocycles. The monoisotopic (exact) mass is 278 g/mol. The lowest BCUT2D eigenvalue weighted by Crippen LogP contribution is -2.68. The van der Waals surface area contributed by atoms with Crippen molar-refractivity contribution in [1.29, 1.82) is 0 Å². The van der Waals surface area contributed by atoms with Crippen LogP contribution in [-0.4, -0.2) is 46.3 Å². The summed E-state index contributed by atoms with van der Waals surface area (Å²) in [4.78, 5) is 29.3. The normalized spacial score (nSPS) is 37.2. The van der Waals surface area contributed by atoms with Gasteiger partial charge in [-0.1, -0.05) is 20.3 Å². The van der Waals surface area contributed by atoms with E-state index < -0.39 is 0 Å². The number of rotatable bonds is 1. The SMILES string of the molecule is CC1C(=O)N2CCCCC2C(=O)N1C1CCCC1(C)C. The average Bonchev–Trinajstić information content (AvgIpc) is 2.76. The molecule has 0 aromatic rings. The Hall–Kier alpha value is -1.06. The van der Waals surface area contributed by atoms with Gasteiger partial charge in [0.25, 0.3) is 0 Å². The topological polar surface area (TPSA) is 40.6 Å². The minimum Gasteiger partial charge on any atom is -0.329 e. The van der Waals surface area contributed by atoms with Gasteiger partial charge in [0.15, 0.2) is 0 Å². The van der Waals surface area contributed by atoms with Crippen LogP contribution in [-0.2, 0) is 9.59 Å². The van der Waals surface area contributed by atoms with E-state index in [0.29, 0.717) is 0 Å². The molecule has 0 aromatic carbocycles. The Morgan fingerprint density at radius 3 is 2.45 bits per heavy atom. The van der Waals surface area contributed by atoms with Gasteiger partial charge in [0.2, 0.25) is 11.8 Å². The molecule has 0 aromatic heterocycles. The van der Waals surface area contributed by atoms with Gasteiger partial charge in [0, 0.05) is 12.6 Å². The van der Waals surface area contributed by atoms with Crippen LogP contribution in [0.4, 0.5) is 0 Å². The molecule has 2 amide bonds. The van der Waals surface area contributed by atoms with E-state index in [9.17, 15) is 9.59 Å². The molecule has 3 unspecified atom stereocenters. The molecule has 4 nitrogen and oxygen atoms in total. The number of piperazine rings is 1. The maximum absolute atomic E-state index is 12.9. The van der Waals surface area contributed by atoms with Crippen molar-refractivity contribution in [2.24, 2.45) is 5.41 Å². The first-order valence-corrected chi connectivity index (χ1v) is 8.06. The largest absolute Gasteiger partial charge is 0.329 e. The summed E-state index contributed by atoms with van der Waals surface area (Å²) in [5.74, 6) is 0.369. The number of fused-ring (bicyclic) bond motifs is 1. The smallest absolute Gasteiger partial charge is 0.246 e. The Morgan fingerprint density at radius 2 is 1.80 bits per heavy atom. The third-order valence-corrected chi connectivity index (χ3v) is 5.64. The predicted octanol–water partition coefficient (Wildman–Crippen LogP) is 2.18. The molecule has 3 atom stereocenters. The van der Waals surface area contributed by atoms with E-state index in [2.05, 4.69) is 13.8 Å². The average molecular weight is 278 g/mol. The summed E-state index contributed by atoms with van der Waals surface area (Å²) < 4.78 is 0. The summed E-state index contributed by atoms with van der Waals surface area (Å²) in [5.41, 5.74) is 0.140. The molecule has 3 fully saturated rings. The van der Waals surface area contributed by atoms with Gasteiger partial charge in [-0.2, -0.15) is 0 Å². The van der Waals surface area contributed by atoms with E-state index in [1.165, 1.54) is 0 Å². The number of carbonyl (C=O) groups is 2. The van der Waals surface area contributed by atoms with Crippen molar-refractivity contribution in [2.45, 2.75) is 77.4 Å². The van der Waals surface area contributed by atoms with Crippen molar-refractivity contribution >= 4 is 11.8 Å². The highest BCUT2D eigenvalue weighted by atomic mass is 16.2. The highest BCUT2D eigenvalue weighted by Gasteiger charge is 2.51. The van der Waals surface area contributed by atoms with Crippen molar-refractivity contribution in [1.82, 2.24) is 9.80 Å². The van der Waals surface area contributed by atoms with Crippen molar-refractivity contribution in [3.05, 3.63) is 0 Å². The molecular weight excluding hydrogens is 252 g/mol. The first-order valence-electron chi connectivity index (χ1n) is 8.06. The number of piperidine rings is 1. The fraction of sp³-hybridized carbons (Fsp3) is 0.875. The van der Waals surface area contributed by atoms with Gasteiger partial charge in [-0.05, 0) is 44.4 Å². The van der Waals surface area contributed by atoms with E-state index >= 15 is 0 Å². The molecule has 0 N–H and O–H groups in total. The number of hydrogen-bond acceptors (Lipinski definition) is 2. The number of amides is 2. The number of nitrogens with zero attached hydrogens (tertiary/aromatic N) is 2. The molecule has 2 heterocycles. The Balaban J connectivity index is 1.90. The summed E-state index contributed by atoms with van der Waals surface area (Å²) in [7, 11) is 0. The molecule has 4 heteroatoms. The second kappa shape index (κ2) is 4.74. The van der Waals surface area contributed by atoms with Crippen LogP contribution < -0.4 is 0 Å². The molecule has 3 aliphatic rings.